The molecule has 2 aliphatic heterocycles. The first kappa shape index (κ1) is 34.7. The van der Waals surface area contributed by atoms with Gasteiger partial charge in [-0.3, -0.25) is 9.69 Å². The highest BCUT2D eigenvalue weighted by molar-refractivity contribution is 5.78. The number of hydrogen-bond donors (Lipinski definition) is 3. The van der Waals surface area contributed by atoms with E-state index in [-0.39, 0.29) is 30.8 Å². The third kappa shape index (κ3) is 7.84. The highest BCUT2D eigenvalue weighted by atomic mass is 16.5. The number of fused-ring (bicyclic) bond motifs is 2. The van der Waals surface area contributed by atoms with E-state index < -0.39 is 17.4 Å². The zero-order valence-electron chi connectivity index (χ0n) is 28.5. The molecule has 258 valence electrons. The summed E-state index contributed by atoms with van der Waals surface area (Å²) in [6.45, 7) is 2.73. The molecule has 3 aromatic rings. The number of ether oxygens (including phenoxy) is 1. The van der Waals surface area contributed by atoms with Crippen LogP contribution in [-0.4, -0.2) is 65.4 Å². The van der Waals surface area contributed by atoms with Gasteiger partial charge in [0.2, 0.25) is 0 Å². The van der Waals surface area contributed by atoms with Crippen molar-refractivity contribution in [2.75, 3.05) is 13.2 Å². The first-order valence-corrected chi connectivity index (χ1v) is 18.1. The minimum atomic E-state index is -1.02. The molecule has 3 aliphatic rings. The van der Waals surface area contributed by atoms with Crippen LogP contribution < -0.4 is 10.6 Å². The van der Waals surface area contributed by atoms with Crippen LogP contribution in [0, 0.1) is 17.2 Å². The standard InChI is InChI=1S/C41H50N4O4/c1-29(41(28-42,32-13-7-3-8-14-32)33-15-9-4-10-16-33)43-40(48)44-34-19-17-30(18-20-34)23-24-45-35-21-22-36(45)26-37(25-35)49-39(47)38(27-46)31-11-5-2-6-12-31/h2-16,29-30,34-38,46H,17-27H2,1H3,(H2,43,44,48)/t29-,30?,34?,35?,36?,37?,38?/m0/s1. The normalized spacial score (nSPS) is 25.0. The van der Waals surface area contributed by atoms with Crippen molar-refractivity contribution < 1.29 is 19.4 Å². The molecule has 3 fully saturated rings. The average molecular weight is 663 g/mol. The number of piperidine rings is 1. The second kappa shape index (κ2) is 16.0. The van der Waals surface area contributed by atoms with Crippen LogP contribution in [0.5, 0.6) is 0 Å². The zero-order chi connectivity index (χ0) is 34.2. The number of aliphatic hydroxyl groups excluding tert-OH is 1. The molecule has 8 nitrogen and oxygen atoms in total. The van der Waals surface area contributed by atoms with E-state index in [0.717, 1.165) is 81.0 Å². The van der Waals surface area contributed by atoms with Gasteiger partial charge in [-0.1, -0.05) is 91.0 Å². The molecule has 3 aromatic carbocycles. The minimum absolute atomic E-state index is 0.0897. The van der Waals surface area contributed by atoms with Crippen LogP contribution in [-0.2, 0) is 14.9 Å². The molecular formula is C41H50N4O4. The maximum absolute atomic E-state index is 13.3. The summed E-state index contributed by atoms with van der Waals surface area (Å²) in [6, 6.07) is 31.7. The fraction of sp³-hybridized carbons (Fsp3) is 0.488. The molecule has 1 saturated carbocycles. The second-order valence-electron chi connectivity index (χ2n) is 14.3. The number of esters is 1. The van der Waals surface area contributed by atoms with Crippen molar-refractivity contribution in [3.63, 3.8) is 0 Å². The number of nitrogens with zero attached hydrogens (tertiary/aromatic N) is 2. The van der Waals surface area contributed by atoms with Gasteiger partial charge in [-0.05, 0) is 81.0 Å². The third-order valence-electron chi connectivity index (χ3n) is 11.4. The Morgan fingerprint density at radius 3 is 1.96 bits per heavy atom. The highest BCUT2D eigenvalue weighted by Gasteiger charge is 2.43. The molecule has 1 aliphatic carbocycles. The number of aliphatic hydroxyl groups is 1. The van der Waals surface area contributed by atoms with Crippen molar-refractivity contribution in [1.29, 1.82) is 5.26 Å². The lowest BCUT2D eigenvalue weighted by atomic mass is 9.70. The van der Waals surface area contributed by atoms with Gasteiger partial charge in [0.05, 0.1) is 18.7 Å². The van der Waals surface area contributed by atoms with E-state index in [1.807, 2.05) is 97.9 Å². The number of carbonyl (C=O) groups excluding carboxylic acids is 2. The van der Waals surface area contributed by atoms with E-state index in [1.165, 1.54) is 0 Å². The lowest BCUT2D eigenvalue weighted by Gasteiger charge is -2.40. The van der Waals surface area contributed by atoms with Crippen LogP contribution >= 0.6 is 0 Å². The summed E-state index contributed by atoms with van der Waals surface area (Å²) in [6.07, 6.45) is 9.14. The smallest absolute Gasteiger partial charge is 0.316 e. The van der Waals surface area contributed by atoms with Crippen LogP contribution in [0.1, 0.15) is 87.3 Å². The molecule has 6 rings (SSSR count). The van der Waals surface area contributed by atoms with Gasteiger partial charge in [0.1, 0.15) is 17.4 Å². The van der Waals surface area contributed by atoms with Gasteiger partial charge in [0.15, 0.2) is 0 Å². The monoisotopic (exact) mass is 662 g/mol. The number of nitrogens with one attached hydrogen (secondary N) is 2. The highest BCUT2D eigenvalue weighted by Crippen LogP contribution is 2.39. The third-order valence-corrected chi connectivity index (χ3v) is 11.4. The van der Waals surface area contributed by atoms with Crippen molar-refractivity contribution in [1.82, 2.24) is 15.5 Å². The van der Waals surface area contributed by atoms with Gasteiger partial charge in [-0.25, -0.2) is 4.79 Å². The van der Waals surface area contributed by atoms with Gasteiger partial charge in [0.25, 0.3) is 0 Å². The Labute approximate surface area is 290 Å². The number of benzene rings is 3. The number of carbonyl (C=O) groups is 2. The second-order valence-corrected chi connectivity index (χ2v) is 14.3. The van der Waals surface area contributed by atoms with Crippen LogP contribution in [0.3, 0.4) is 0 Å². The number of urea groups is 1. The fourth-order valence-electron chi connectivity index (χ4n) is 8.69. The van der Waals surface area contributed by atoms with Gasteiger partial charge in [-0.2, -0.15) is 5.26 Å². The van der Waals surface area contributed by atoms with Gasteiger partial charge in [-0.15, -0.1) is 0 Å². The summed E-state index contributed by atoms with van der Waals surface area (Å²) in [5.74, 6) is -0.323. The van der Waals surface area contributed by atoms with Crippen LogP contribution in [0.15, 0.2) is 91.0 Å². The summed E-state index contributed by atoms with van der Waals surface area (Å²) < 4.78 is 5.98. The molecule has 49 heavy (non-hydrogen) atoms. The molecule has 4 atom stereocenters. The van der Waals surface area contributed by atoms with E-state index in [9.17, 15) is 20.0 Å². The van der Waals surface area contributed by atoms with Crippen molar-refractivity contribution in [3.8, 4) is 6.07 Å². The van der Waals surface area contributed by atoms with Crippen LogP contribution in [0.2, 0.25) is 0 Å². The molecule has 8 heteroatoms. The number of amides is 2. The first-order valence-electron chi connectivity index (χ1n) is 18.1. The molecular weight excluding hydrogens is 612 g/mol. The topological polar surface area (TPSA) is 115 Å². The fourth-order valence-corrected chi connectivity index (χ4v) is 8.69. The molecule has 2 saturated heterocycles. The molecule has 2 amide bonds. The summed E-state index contributed by atoms with van der Waals surface area (Å²) in [4.78, 5) is 28.9. The Balaban J connectivity index is 0.953. The molecule has 3 unspecified atom stereocenters. The predicted octanol–water partition coefficient (Wildman–Crippen LogP) is 6.45. The quantitative estimate of drug-likeness (QED) is 0.192. The molecule has 3 N–H and O–H groups in total. The summed E-state index contributed by atoms with van der Waals surface area (Å²) in [5, 5.41) is 26.8. The average Bonchev–Trinajstić information content (AvgIpc) is 3.37. The molecule has 2 bridgehead atoms. The predicted molar refractivity (Wildman–Crippen MR) is 190 cm³/mol. The Morgan fingerprint density at radius 1 is 0.878 bits per heavy atom. The first-order chi connectivity index (χ1) is 23.9. The molecule has 0 spiro atoms. The van der Waals surface area contributed by atoms with Gasteiger partial charge in [0, 0.05) is 31.0 Å². The van der Waals surface area contributed by atoms with E-state index in [1.54, 1.807) is 0 Å². The van der Waals surface area contributed by atoms with E-state index >= 15 is 0 Å². The SMILES string of the molecule is C[C@H](NC(=O)NC1CCC(CCN2C3CCC2CC(OC(=O)C(CO)c2ccccc2)C3)CC1)C(C#N)(c1ccccc1)c1ccccc1. The Bertz CT molecular complexity index is 1500. The summed E-state index contributed by atoms with van der Waals surface area (Å²) >= 11 is 0. The minimum Gasteiger partial charge on any atom is -0.462 e. The lowest BCUT2D eigenvalue weighted by Crippen LogP contribution is -2.53. The van der Waals surface area contributed by atoms with Crippen molar-refractivity contribution in [2.45, 2.75) is 106 Å². The van der Waals surface area contributed by atoms with Crippen molar-refractivity contribution in [2.24, 2.45) is 5.92 Å². The van der Waals surface area contributed by atoms with E-state index in [0.29, 0.717) is 18.0 Å². The number of nitriles is 1. The zero-order valence-corrected chi connectivity index (χ0v) is 28.5. The summed E-state index contributed by atoms with van der Waals surface area (Å²) in [5.41, 5.74) is 1.49. The lowest BCUT2D eigenvalue weighted by molar-refractivity contribution is -0.155. The van der Waals surface area contributed by atoms with Crippen molar-refractivity contribution in [3.05, 3.63) is 108 Å². The van der Waals surface area contributed by atoms with Gasteiger partial charge < -0.3 is 20.5 Å². The van der Waals surface area contributed by atoms with E-state index in [4.69, 9.17) is 4.74 Å². The van der Waals surface area contributed by atoms with Crippen molar-refractivity contribution >= 4 is 12.0 Å². The Kier molecular flexibility index (Phi) is 11.3. The Hall–Kier alpha value is -4.19. The maximum Gasteiger partial charge on any atom is 0.316 e. The number of rotatable bonds is 12. The van der Waals surface area contributed by atoms with Crippen LogP contribution in [0.4, 0.5) is 4.79 Å². The summed E-state index contributed by atoms with van der Waals surface area (Å²) in [7, 11) is 0. The largest absolute Gasteiger partial charge is 0.462 e. The van der Waals surface area contributed by atoms with Gasteiger partial charge >= 0.3 is 12.0 Å². The molecule has 2 heterocycles. The molecule has 0 aromatic heterocycles. The maximum atomic E-state index is 13.3. The molecule has 0 radical (unpaired) electrons. The van der Waals surface area contributed by atoms with Crippen LogP contribution in [0.25, 0.3) is 0 Å². The van der Waals surface area contributed by atoms with E-state index in [2.05, 4.69) is 21.6 Å². The number of hydrogen-bond acceptors (Lipinski definition) is 6. The Morgan fingerprint density at radius 2 is 1.43 bits per heavy atom.